The van der Waals surface area contributed by atoms with E-state index in [1.54, 1.807) is 0 Å². The van der Waals surface area contributed by atoms with Gasteiger partial charge in [0.05, 0.1) is 17.7 Å². The van der Waals surface area contributed by atoms with Gasteiger partial charge in [-0.15, -0.1) is 0 Å². The zero-order chi connectivity index (χ0) is 12.8. The summed E-state index contributed by atoms with van der Waals surface area (Å²) in [5.74, 6) is 0.607. The number of nitrogens with zero attached hydrogens (tertiary/aromatic N) is 3. The summed E-state index contributed by atoms with van der Waals surface area (Å²) in [6.07, 6.45) is 6.24. The number of rotatable bonds is 1. The van der Waals surface area contributed by atoms with Gasteiger partial charge in [0, 0.05) is 29.9 Å². The molecule has 1 aliphatic heterocycles. The van der Waals surface area contributed by atoms with Crippen molar-refractivity contribution in [1.29, 1.82) is 0 Å². The van der Waals surface area contributed by atoms with Crippen LogP contribution in [0.15, 0.2) is 35.8 Å². The van der Waals surface area contributed by atoms with Crippen molar-refractivity contribution in [2.45, 2.75) is 19.8 Å². The lowest BCUT2D eigenvalue weighted by atomic mass is 9.99. The Morgan fingerprint density at radius 1 is 1.37 bits per heavy atom. The fraction of sp³-hybridized carbons (Fsp3) is 0.333. The topological polar surface area (TPSA) is 42.2 Å². The Morgan fingerprint density at radius 2 is 2.32 bits per heavy atom. The highest BCUT2D eigenvalue weighted by molar-refractivity contribution is 6.06. The van der Waals surface area contributed by atoms with Crippen molar-refractivity contribution in [1.82, 2.24) is 15.0 Å². The van der Waals surface area contributed by atoms with Crippen molar-refractivity contribution in [3.63, 3.8) is 0 Å². The highest BCUT2D eigenvalue weighted by atomic mass is 15.3. The molecular formula is C15H16N4. The van der Waals surface area contributed by atoms with Crippen LogP contribution in [0.1, 0.15) is 23.2 Å². The molecule has 19 heavy (non-hydrogen) atoms. The molecule has 0 bridgehead atoms. The van der Waals surface area contributed by atoms with Gasteiger partial charge in [0.25, 0.3) is 0 Å². The van der Waals surface area contributed by atoms with Gasteiger partial charge in [0.1, 0.15) is 0 Å². The average Bonchev–Trinajstić information content (AvgIpc) is 3.01. The van der Waals surface area contributed by atoms with Crippen molar-refractivity contribution >= 4 is 5.71 Å². The molecule has 96 valence electrons. The molecule has 0 radical (unpaired) electrons. The SMILES string of the molecule is Cc1cn(-c2ccc3c(c2)CC2CCNN=C32)cn1. The standard InChI is InChI=1S/C15H16N4/c1-10-8-19(9-16-10)13-2-3-14-12(7-13)6-11-4-5-17-18-15(11)14/h2-3,7-9,11,17H,4-6H2,1H3. The fourth-order valence-corrected chi connectivity index (χ4v) is 3.07. The molecule has 0 amide bonds. The van der Waals surface area contributed by atoms with Crippen LogP contribution in [0.4, 0.5) is 0 Å². The maximum atomic E-state index is 4.49. The monoisotopic (exact) mass is 252 g/mol. The summed E-state index contributed by atoms with van der Waals surface area (Å²) in [6.45, 7) is 3.01. The Bertz CT molecular complexity index is 669. The van der Waals surface area contributed by atoms with Gasteiger partial charge in [0.2, 0.25) is 0 Å². The highest BCUT2D eigenvalue weighted by Crippen LogP contribution is 2.32. The maximum Gasteiger partial charge on any atom is 0.0995 e. The lowest BCUT2D eigenvalue weighted by Gasteiger charge is -2.16. The molecule has 0 saturated heterocycles. The highest BCUT2D eigenvalue weighted by Gasteiger charge is 2.30. The summed E-state index contributed by atoms with van der Waals surface area (Å²) in [5.41, 5.74) is 9.33. The van der Waals surface area contributed by atoms with Crippen molar-refractivity contribution in [3.8, 4) is 5.69 Å². The van der Waals surface area contributed by atoms with Crippen LogP contribution in [-0.4, -0.2) is 21.8 Å². The molecule has 4 rings (SSSR count). The molecule has 1 atom stereocenters. The molecule has 1 aromatic carbocycles. The van der Waals surface area contributed by atoms with Gasteiger partial charge < -0.3 is 9.99 Å². The molecule has 2 aliphatic rings. The molecular weight excluding hydrogens is 236 g/mol. The van der Waals surface area contributed by atoms with E-state index in [-0.39, 0.29) is 0 Å². The number of nitrogens with one attached hydrogen (secondary N) is 1. The molecule has 2 heterocycles. The second-order valence-corrected chi connectivity index (χ2v) is 5.36. The van der Waals surface area contributed by atoms with Gasteiger partial charge in [-0.3, -0.25) is 0 Å². The largest absolute Gasteiger partial charge is 0.310 e. The number of aryl methyl sites for hydroxylation is 1. The molecule has 4 nitrogen and oxygen atoms in total. The third-order valence-corrected chi connectivity index (χ3v) is 4.03. The molecule has 0 fully saturated rings. The lowest BCUT2D eigenvalue weighted by Crippen LogP contribution is -2.25. The number of aromatic nitrogens is 2. The van der Waals surface area contributed by atoms with E-state index in [9.17, 15) is 0 Å². The summed E-state index contributed by atoms with van der Waals surface area (Å²) in [6, 6.07) is 6.63. The second-order valence-electron chi connectivity index (χ2n) is 5.36. The molecule has 0 saturated carbocycles. The molecule has 0 spiro atoms. The first-order valence-corrected chi connectivity index (χ1v) is 6.76. The Labute approximate surface area is 112 Å². The number of hydrazone groups is 1. The lowest BCUT2D eigenvalue weighted by molar-refractivity contribution is 0.551. The third-order valence-electron chi connectivity index (χ3n) is 4.03. The van der Waals surface area contributed by atoms with Crippen LogP contribution in [0.5, 0.6) is 0 Å². The summed E-state index contributed by atoms with van der Waals surface area (Å²) >= 11 is 0. The van der Waals surface area contributed by atoms with Crippen LogP contribution >= 0.6 is 0 Å². The van der Waals surface area contributed by atoms with Gasteiger partial charge >= 0.3 is 0 Å². The first-order valence-electron chi connectivity index (χ1n) is 6.76. The van der Waals surface area contributed by atoms with Crippen LogP contribution in [0.3, 0.4) is 0 Å². The van der Waals surface area contributed by atoms with E-state index in [2.05, 4.69) is 44.5 Å². The molecule has 1 aromatic heterocycles. The smallest absolute Gasteiger partial charge is 0.0995 e. The number of benzene rings is 1. The molecule has 2 aromatic rings. The molecule has 1 aliphatic carbocycles. The van der Waals surface area contributed by atoms with Gasteiger partial charge in [-0.25, -0.2) is 4.98 Å². The number of hydrogen-bond donors (Lipinski definition) is 1. The minimum absolute atomic E-state index is 0.607. The third kappa shape index (κ3) is 1.67. The second kappa shape index (κ2) is 3.95. The summed E-state index contributed by atoms with van der Waals surface area (Å²) in [7, 11) is 0. The Kier molecular flexibility index (Phi) is 2.24. The van der Waals surface area contributed by atoms with E-state index in [0.29, 0.717) is 5.92 Å². The van der Waals surface area contributed by atoms with Gasteiger partial charge in [-0.1, -0.05) is 6.07 Å². The van der Waals surface area contributed by atoms with E-state index >= 15 is 0 Å². The minimum atomic E-state index is 0.607. The van der Waals surface area contributed by atoms with E-state index in [1.807, 2.05) is 13.3 Å². The summed E-state index contributed by atoms with van der Waals surface area (Å²) in [5, 5.41) is 4.49. The van der Waals surface area contributed by atoms with Gasteiger partial charge in [-0.2, -0.15) is 5.10 Å². The predicted molar refractivity (Wildman–Crippen MR) is 74.7 cm³/mol. The molecule has 1 unspecified atom stereocenters. The minimum Gasteiger partial charge on any atom is -0.310 e. The van der Waals surface area contributed by atoms with E-state index in [4.69, 9.17) is 0 Å². The maximum absolute atomic E-state index is 4.49. The van der Waals surface area contributed by atoms with Gasteiger partial charge in [0.15, 0.2) is 0 Å². The summed E-state index contributed by atoms with van der Waals surface area (Å²) < 4.78 is 2.08. The van der Waals surface area contributed by atoms with E-state index in [1.165, 1.54) is 28.9 Å². The Morgan fingerprint density at radius 3 is 3.16 bits per heavy atom. The number of hydrogen-bond acceptors (Lipinski definition) is 3. The zero-order valence-electron chi connectivity index (χ0n) is 10.9. The van der Waals surface area contributed by atoms with Crippen molar-refractivity contribution in [2.75, 3.05) is 6.54 Å². The number of imidazole rings is 1. The molecule has 1 N–H and O–H groups in total. The fourth-order valence-electron chi connectivity index (χ4n) is 3.07. The van der Waals surface area contributed by atoms with Crippen molar-refractivity contribution < 1.29 is 0 Å². The van der Waals surface area contributed by atoms with Crippen LogP contribution < -0.4 is 5.43 Å². The van der Waals surface area contributed by atoms with Crippen molar-refractivity contribution in [3.05, 3.63) is 47.5 Å². The first kappa shape index (κ1) is 10.8. The number of fused-ring (bicyclic) bond motifs is 3. The average molecular weight is 252 g/mol. The Hall–Kier alpha value is -2.10. The Balaban J connectivity index is 1.77. The van der Waals surface area contributed by atoms with E-state index in [0.717, 1.165) is 18.7 Å². The quantitative estimate of drug-likeness (QED) is 0.844. The predicted octanol–water partition coefficient (Wildman–Crippen LogP) is 2.05. The van der Waals surface area contributed by atoms with Crippen LogP contribution in [0.2, 0.25) is 0 Å². The first-order chi connectivity index (χ1) is 9.31. The van der Waals surface area contributed by atoms with Crippen LogP contribution in [-0.2, 0) is 6.42 Å². The van der Waals surface area contributed by atoms with E-state index < -0.39 is 0 Å². The summed E-state index contributed by atoms with van der Waals surface area (Å²) in [4.78, 5) is 4.29. The van der Waals surface area contributed by atoms with Gasteiger partial charge in [-0.05, 0) is 37.5 Å². The van der Waals surface area contributed by atoms with Crippen LogP contribution in [0.25, 0.3) is 5.69 Å². The van der Waals surface area contributed by atoms with Crippen molar-refractivity contribution in [2.24, 2.45) is 11.0 Å². The normalized spacial score (nSPS) is 20.5. The molecule has 4 heteroatoms. The van der Waals surface area contributed by atoms with Crippen LogP contribution in [0, 0.1) is 12.8 Å². The zero-order valence-corrected chi connectivity index (χ0v) is 10.9.